The van der Waals surface area contributed by atoms with Crippen LogP contribution in [0.1, 0.15) is 32.9 Å². The molecule has 6 heteroatoms. The van der Waals surface area contributed by atoms with Crippen molar-refractivity contribution < 1.29 is 9.90 Å². The van der Waals surface area contributed by atoms with Crippen molar-refractivity contribution in [1.82, 2.24) is 14.9 Å². The lowest BCUT2D eigenvalue weighted by Gasteiger charge is -2.24. The number of aromatic nitrogens is 2. The van der Waals surface area contributed by atoms with Gasteiger partial charge in [-0.05, 0) is 20.3 Å². The van der Waals surface area contributed by atoms with E-state index in [1.54, 1.807) is 10.8 Å². The number of aliphatic hydroxyl groups is 1. The van der Waals surface area contributed by atoms with Gasteiger partial charge in [-0.3, -0.25) is 4.79 Å². The zero-order valence-electron chi connectivity index (χ0n) is 11.4. The quantitative estimate of drug-likeness (QED) is 0.766. The number of hydrogen-bond donors (Lipinski definition) is 2. The van der Waals surface area contributed by atoms with E-state index in [1.807, 2.05) is 27.8 Å². The minimum atomic E-state index is -0.171. The molecule has 0 bridgehead atoms. The topological polar surface area (TPSA) is 67.2 Å². The van der Waals surface area contributed by atoms with Gasteiger partial charge in [0.15, 0.2) is 5.16 Å². The fourth-order valence-electron chi connectivity index (χ4n) is 1.34. The second-order valence-corrected chi connectivity index (χ2v) is 5.77. The molecular formula is C12H21N3O2S. The van der Waals surface area contributed by atoms with Gasteiger partial charge in [0.2, 0.25) is 5.91 Å². The summed E-state index contributed by atoms with van der Waals surface area (Å²) in [6.07, 6.45) is 2.51. The maximum atomic E-state index is 11.8. The monoisotopic (exact) mass is 271 g/mol. The van der Waals surface area contributed by atoms with Gasteiger partial charge in [-0.15, -0.1) is 0 Å². The highest BCUT2D eigenvalue weighted by Crippen LogP contribution is 2.17. The second-order valence-electron chi connectivity index (χ2n) is 4.82. The van der Waals surface area contributed by atoms with E-state index < -0.39 is 0 Å². The number of thioether (sulfide) groups is 1. The standard InChI is InChI=1S/C12H21N3O2S/c1-5-12(2,3)14-10(17)8-18-11-13-6-9(7-16)15(11)4/h6,16H,5,7-8H2,1-4H3,(H,14,17). The number of rotatable bonds is 6. The Kier molecular flexibility index (Phi) is 5.22. The first-order valence-electron chi connectivity index (χ1n) is 5.95. The number of imidazole rings is 1. The third-order valence-electron chi connectivity index (χ3n) is 2.90. The molecule has 1 amide bonds. The predicted molar refractivity (Wildman–Crippen MR) is 72.4 cm³/mol. The number of nitrogens with one attached hydrogen (secondary N) is 1. The van der Waals surface area contributed by atoms with E-state index in [1.165, 1.54) is 11.8 Å². The van der Waals surface area contributed by atoms with Crippen molar-refractivity contribution >= 4 is 17.7 Å². The maximum Gasteiger partial charge on any atom is 0.230 e. The van der Waals surface area contributed by atoms with Crippen LogP contribution in [0.4, 0.5) is 0 Å². The average molecular weight is 271 g/mol. The van der Waals surface area contributed by atoms with Crippen molar-refractivity contribution in [2.75, 3.05) is 5.75 Å². The number of nitrogens with zero attached hydrogens (tertiary/aromatic N) is 2. The van der Waals surface area contributed by atoms with Crippen LogP contribution >= 0.6 is 11.8 Å². The summed E-state index contributed by atoms with van der Waals surface area (Å²) >= 11 is 1.37. The van der Waals surface area contributed by atoms with Gasteiger partial charge < -0.3 is 15.0 Å². The molecule has 0 aliphatic carbocycles. The smallest absolute Gasteiger partial charge is 0.230 e. The van der Waals surface area contributed by atoms with Crippen LogP contribution in [-0.4, -0.2) is 31.9 Å². The molecule has 0 unspecified atom stereocenters. The van der Waals surface area contributed by atoms with E-state index >= 15 is 0 Å². The lowest BCUT2D eigenvalue weighted by molar-refractivity contribution is -0.120. The van der Waals surface area contributed by atoms with Crippen LogP contribution in [0.25, 0.3) is 0 Å². The number of carbonyl (C=O) groups is 1. The first-order chi connectivity index (χ1) is 8.39. The lowest BCUT2D eigenvalue weighted by Crippen LogP contribution is -2.43. The molecule has 102 valence electrons. The van der Waals surface area contributed by atoms with Crippen LogP contribution in [0.3, 0.4) is 0 Å². The zero-order chi connectivity index (χ0) is 13.8. The van der Waals surface area contributed by atoms with Crippen LogP contribution in [-0.2, 0) is 18.4 Å². The highest BCUT2D eigenvalue weighted by molar-refractivity contribution is 7.99. The van der Waals surface area contributed by atoms with Crippen molar-refractivity contribution in [1.29, 1.82) is 0 Å². The number of carbonyl (C=O) groups excluding carboxylic acids is 1. The number of aliphatic hydroxyl groups excluding tert-OH is 1. The van der Waals surface area contributed by atoms with E-state index in [0.29, 0.717) is 5.75 Å². The molecule has 18 heavy (non-hydrogen) atoms. The lowest BCUT2D eigenvalue weighted by atomic mass is 10.0. The highest BCUT2D eigenvalue weighted by atomic mass is 32.2. The summed E-state index contributed by atoms with van der Waals surface area (Å²) in [6.45, 7) is 6.00. The predicted octanol–water partition coefficient (Wildman–Crippen LogP) is 1.31. The van der Waals surface area contributed by atoms with Gasteiger partial charge in [-0.2, -0.15) is 0 Å². The van der Waals surface area contributed by atoms with Gasteiger partial charge >= 0.3 is 0 Å². The van der Waals surface area contributed by atoms with E-state index in [2.05, 4.69) is 10.3 Å². The fraction of sp³-hybridized carbons (Fsp3) is 0.667. The molecule has 0 aromatic carbocycles. The molecule has 1 rings (SSSR count). The maximum absolute atomic E-state index is 11.8. The van der Waals surface area contributed by atoms with Crippen molar-refractivity contribution in [2.45, 2.75) is 44.5 Å². The van der Waals surface area contributed by atoms with Crippen LogP contribution in [0.5, 0.6) is 0 Å². The third kappa shape index (κ3) is 4.03. The highest BCUT2D eigenvalue weighted by Gasteiger charge is 2.18. The van der Waals surface area contributed by atoms with Crippen LogP contribution < -0.4 is 5.32 Å². The summed E-state index contributed by atoms with van der Waals surface area (Å²) in [5.74, 6) is 0.333. The zero-order valence-corrected chi connectivity index (χ0v) is 12.2. The first kappa shape index (κ1) is 15.0. The van der Waals surface area contributed by atoms with Crippen LogP contribution in [0.15, 0.2) is 11.4 Å². The van der Waals surface area contributed by atoms with Crippen LogP contribution in [0, 0.1) is 0 Å². The van der Waals surface area contributed by atoms with Crippen molar-refractivity contribution in [2.24, 2.45) is 7.05 Å². The van der Waals surface area contributed by atoms with Gasteiger partial charge in [-0.1, -0.05) is 18.7 Å². The van der Waals surface area contributed by atoms with Crippen molar-refractivity contribution in [3.63, 3.8) is 0 Å². The Morgan fingerprint density at radius 3 is 2.78 bits per heavy atom. The summed E-state index contributed by atoms with van der Waals surface area (Å²) in [4.78, 5) is 15.9. The van der Waals surface area contributed by atoms with Gasteiger partial charge in [0.25, 0.3) is 0 Å². The Balaban J connectivity index is 2.50. The number of amides is 1. The normalized spacial score (nSPS) is 11.6. The molecule has 1 aromatic heterocycles. The van der Waals surface area contributed by atoms with E-state index in [0.717, 1.165) is 17.3 Å². The molecule has 2 N–H and O–H groups in total. The molecule has 0 spiro atoms. The molecule has 0 radical (unpaired) electrons. The second kappa shape index (κ2) is 6.24. The summed E-state index contributed by atoms with van der Waals surface area (Å²) < 4.78 is 1.79. The summed E-state index contributed by atoms with van der Waals surface area (Å²) in [7, 11) is 1.83. The fourth-order valence-corrected chi connectivity index (χ4v) is 2.11. The Bertz CT molecular complexity index is 415. The summed E-state index contributed by atoms with van der Waals surface area (Å²) in [6, 6.07) is 0. The Morgan fingerprint density at radius 2 is 2.28 bits per heavy atom. The van der Waals surface area contributed by atoms with Gasteiger partial charge in [0.1, 0.15) is 0 Å². The number of hydrogen-bond acceptors (Lipinski definition) is 4. The largest absolute Gasteiger partial charge is 0.390 e. The molecule has 0 saturated carbocycles. The molecule has 1 heterocycles. The minimum Gasteiger partial charge on any atom is -0.390 e. The molecule has 1 aromatic rings. The average Bonchev–Trinajstić information content (AvgIpc) is 2.67. The van der Waals surface area contributed by atoms with E-state index in [-0.39, 0.29) is 18.1 Å². The Labute approximate surface area is 112 Å². The molecule has 0 aliphatic rings. The molecule has 0 aliphatic heterocycles. The van der Waals surface area contributed by atoms with Gasteiger partial charge in [0.05, 0.1) is 24.3 Å². The first-order valence-corrected chi connectivity index (χ1v) is 6.93. The molecule has 0 saturated heterocycles. The Hall–Kier alpha value is -1.01. The van der Waals surface area contributed by atoms with E-state index in [9.17, 15) is 4.79 Å². The molecule has 0 atom stereocenters. The third-order valence-corrected chi connectivity index (χ3v) is 3.94. The van der Waals surface area contributed by atoms with E-state index in [4.69, 9.17) is 5.11 Å². The summed E-state index contributed by atoms with van der Waals surface area (Å²) in [5, 5.41) is 12.8. The van der Waals surface area contributed by atoms with Crippen molar-refractivity contribution in [3.05, 3.63) is 11.9 Å². The molecule has 0 fully saturated rings. The molecule has 5 nitrogen and oxygen atoms in total. The SMILES string of the molecule is CCC(C)(C)NC(=O)CSc1ncc(CO)n1C. The molecular weight excluding hydrogens is 250 g/mol. The van der Waals surface area contributed by atoms with Gasteiger partial charge in [-0.25, -0.2) is 4.98 Å². The minimum absolute atomic E-state index is 0.000369. The van der Waals surface area contributed by atoms with Crippen LogP contribution in [0.2, 0.25) is 0 Å². The van der Waals surface area contributed by atoms with Crippen molar-refractivity contribution in [3.8, 4) is 0 Å². The van der Waals surface area contributed by atoms with Gasteiger partial charge in [0, 0.05) is 12.6 Å². The Morgan fingerprint density at radius 1 is 1.61 bits per heavy atom. The summed E-state index contributed by atoms with van der Waals surface area (Å²) in [5.41, 5.74) is 0.571.